The van der Waals surface area contributed by atoms with Crippen molar-refractivity contribution in [2.45, 2.75) is 69.0 Å². The van der Waals surface area contributed by atoms with Gasteiger partial charge in [-0.05, 0) is 54.6 Å². The molecule has 0 fully saturated rings. The summed E-state index contributed by atoms with van der Waals surface area (Å²) in [5.41, 5.74) is 2.54. The van der Waals surface area contributed by atoms with Gasteiger partial charge in [0.25, 0.3) is 0 Å². The van der Waals surface area contributed by atoms with E-state index in [1.165, 1.54) is 53.6 Å². The van der Waals surface area contributed by atoms with Crippen LogP contribution in [0.5, 0.6) is 0 Å². The van der Waals surface area contributed by atoms with Crippen molar-refractivity contribution in [2.75, 3.05) is 46.9 Å². The Morgan fingerprint density at radius 1 is 0.269 bits per heavy atom. The smallest absolute Gasteiger partial charge is 0 e. The molecule has 2 heterocycles. The van der Waals surface area contributed by atoms with E-state index in [1.54, 1.807) is 0 Å². The van der Waals surface area contributed by atoms with E-state index in [2.05, 4.69) is 413 Å². The Hall–Kier alpha value is 0.618. The molecule has 44 heteroatoms. The van der Waals surface area contributed by atoms with Crippen molar-refractivity contribution in [1.29, 1.82) is 0 Å². The Balaban J connectivity index is -0.000000113. The number of benzene rings is 8. The van der Waals surface area contributed by atoms with Crippen molar-refractivity contribution in [3.8, 4) is 0 Å². The van der Waals surface area contributed by atoms with Gasteiger partial charge in [-0.15, -0.1) is 46.4 Å². The van der Waals surface area contributed by atoms with Gasteiger partial charge in [0, 0.05) is 163 Å². The van der Waals surface area contributed by atoms with Gasteiger partial charge in [0.15, 0.2) is 55.1 Å². The van der Waals surface area contributed by atoms with Gasteiger partial charge < -0.3 is 94.7 Å². The number of aliphatic hydroxyl groups is 2. The molecule has 10 rings (SSSR count). The predicted octanol–water partition coefficient (Wildman–Crippen LogP) is 15.9. The van der Waals surface area contributed by atoms with E-state index in [9.17, 15) is 10.2 Å². The van der Waals surface area contributed by atoms with E-state index in [0.29, 0.717) is 0 Å². The molecule has 2 aromatic heterocycles. The zero-order valence-electron chi connectivity index (χ0n) is 67.9. The molecule has 0 aliphatic carbocycles. The third-order valence-corrected chi connectivity index (χ3v) is 25.2. The fraction of sp³-hybridized carbons (Fsp3) is 0.233. The van der Waals surface area contributed by atoms with E-state index >= 15 is 0 Å². The molecule has 130 heavy (non-hydrogen) atoms. The zero-order valence-corrected chi connectivity index (χ0v) is 94.5. The van der Waals surface area contributed by atoms with Crippen LogP contribution in [0.4, 0.5) is 0 Å². The molecule has 10 aromatic rings. The van der Waals surface area contributed by atoms with Crippen LogP contribution in [-0.4, -0.2) is 83.2 Å². The van der Waals surface area contributed by atoms with E-state index in [4.69, 9.17) is 223 Å². The standard InChI is InChI=1S/2C33H33N2OP2.2C3H8S2.4CHCl3.2CH2Cl2.8CO.2BrH.4Fe/c2*36-26-14-25-34-24-13-15-29(27-34)28-35(37(30-16-5-1-6-17-30)31-18-7-2-8-19-31)38(32-20-9-3-10-21-32)33-22-11-4-12-23-33;2*4-2-1-3-5;4*2-1(3)4;2*2-1-3;8*1-2;;;;;;/h2*1-13,15-24,27,36H,14,25-26,28H2;2*4-5H,1-3H2;4*1H;2*1H2;;;;;;;;;2*1H;;;;/q2*+1;;;;;;;;;;;;;;;;;;;;;;/p-6. The van der Waals surface area contributed by atoms with Crippen LogP contribution in [0, 0.1) is 53.2 Å². The minimum absolute atomic E-state index is 0. The summed E-state index contributed by atoms with van der Waals surface area (Å²) in [4.78, 5) is 0. The van der Waals surface area contributed by atoms with Crippen LogP contribution in [0.25, 0.3) is 0 Å². The molecule has 0 saturated heterocycles. The summed E-state index contributed by atoms with van der Waals surface area (Å²) in [6.07, 6.45) is 12.2. The number of pyridine rings is 2. The number of hydrogen-bond acceptors (Lipinski definition) is 8. The first-order valence-electron chi connectivity index (χ1n) is 34.5. The minimum atomic E-state index is -0.832. The molecular weight excluding hydrogens is 2450 g/mol. The number of aryl methyl sites for hydroxylation is 2. The fourth-order valence-electron chi connectivity index (χ4n) is 9.25. The maximum absolute atomic E-state index is 9.38. The number of rotatable bonds is 26. The maximum Gasteiger partial charge on any atom is 0 e. The van der Waals surface area contributed by atoms with E-state index in [1.807, 2.05) is 0 Å². The minimum Gasteiger partial charge on any atom is -0.793 e. The van der Waals surface area contributed by atoms with E-state index in [0.717, 1.165) is 74.9 Å². The average Bonchev–Trinajstić information content (AvgIpc) is 0.784. The van der Waals surface area contributed by atoms with Crippen LogP contribution in [0.1, 0.15) is 36.8 Å². The first-order chi connectivity index (χ1) is 60.2. The molecule has 0 amide bonds. The molecule has 0 unspecified atom stereocenters. The van der Waals surface area contributed by atoms with Crippen molar-refractivity contribution in [3.05, 3.63) is 356 Å². The van der Waals surface area contributed by atoms with Crippen molar-refractivity contribution in [3.63, 3.8) is 0 Å². The summed E-state index contributed by atoms with van der Waals surface area (Å²) in [7, 11) is -3.33. The van der Waals surface area contributed by atoms with Gasteiger partial charge in [0.1, 0.15) is 0 Å². The number of halogens is 18. The van der Waals surface area contributed by atoms with Crippen LogP contribution in [0.15, 0.2) is 292 Å². The molecule has 0 aliphatic rings. The second-order valence-electron chi connectivity index (χ2n) is 20.8. The number of hydrogen-bond donors (Lipinski definition) is 2. The van der Waals surface area contributed by atoms with Gasteiger partial charge in [-0.3, -0.25) is 0 Å². The summed E-state index contributed by atoms with van der Waals surface area (Å²) in [5.74, 6) is 3.29. The Kier molecular flexibility index (Phi) is 156. The summed E-state index contributed by atoms with van der Waals surface area (Å²) in [6.45, 7) is 39.6. The first kappa shape index (κ1) is 161. The molecule has 0 aliphatic heterocycles. The summed E-state index contributed by atoms with van der Waals surface area (Å²) < 4.78 is 66.9. The molecular formula is C86H86Br2Cl16Fe4N4O10P4S4-4. The molecule has 716 valence electrons. The summed E-state index contributed by atoms with van der Waals surface area (Å²) in [5, 5.41) is 29.9. The average molecular weight is 2540 g/mol. The fourth-order valence-corrected chi connectivity index (χ4v) is 22.3. The number of nitrogens with zero attached hydrogens (tertiary/aromatic N) is 4. The van der Waals surface area contributed by atoms with Crippen LogP contribution in [-0.2, 0) is 182 Å². The Morgan fingerprint density at radius 3 is 0.523 bits per heavy atom. The largest absolute Gasteiger partial charge is 0.793 e. The van der Waals surface area contributed by atoms with Crippen LogP contribution < -0.4 is 85.5 Å². The van der Waals surface area contributed by atoms with E-state index < -0.39 is 49.5 Å². The van der Waals surface area contributed by atoms with Gasteiger partial charge in [-0.25, -0.2) is 18.0 Å². The Labute approximate surface area is 938 Å². The number of alkyl halides is 16. The first-order valence-corrected chi connectivity index (χ1v) is 49.3. The van der Waals surface area contributed by atoms with Gasteiger partial charge in [0.2, 0.25) is 0 Å². The topological polar surface area (TPSA) is 214 Å². The molecule has 0 bridgehead atoms. The summed E-state index contributed by atoms with van der Waals surface area (Å²) in [6, 6.07) is 96.5. The maximum atomic E-state index is 9.38. The Bertz CT molecular complexity index is 3500. The van der Waals surface area contributed by atoms with Crippen molar-refractivity contribution >= 4 is 311 Å². The zero-order chi connectivity index (χ0) is 96.0. The third-order valence-electron chi connectivity index (χ3n) is 13.1. The normalized spacial score (nSPS) is 8.80. The van der Waals surface area contributed by atoms with Gasteiger partial charge in [-0.2, -0.15) is 23.0 Å². The van der Waals surface area contributed by atoms with Crippen LogP contribution in [0.2, 0.25) is 0 Å². The monoisotopic (exact) mass is 2530 g/mol. The van der Waals surface area contributed by atoms with Crippen LogP contribution >= 0.6 is 218 Å². The molecule has 14 nitrogen and oxygen atoms in total. The number of aliphatic hydroxyl groups excluding tert-OH is 2. The second-order valence-corrected chi connectivity index (χ2v) is 41.1. The number of aromatic nitrogens is 2. The van der Waals surface area contributed by atoms with Gasteiger partial charge >= 0.3 is 90.4 Å². The SMILES string of the molecule is ClC(Cl)Cl.ClC(Cl)Cl.ClC(Cl)Cl.ClC(Cl)Cl.ClCCl.ClCCl.OCCC[n+]1cccc(CN(P(c2ccccc2)c2ccccc2)P(c2ccccc2)c2ccccc2)c1.OCCC[n+]1cccc(CN(P(c2ccccc2)c2ccccc2)P(c2ccccc2)c2ccccc2)c1.[Br-].[Br-].[C-]#[O+].[C-]#[O+].[C-]#[O+].[C-]#[O+].[C-]#[O+].[C-]#[O+].[C-]#[O+].[C-]#[O+].[Fe].[Fe].[Fe].[Fe].[S-]CCC[S-].[S-]CCC[S-]. The quantitative estimate of drug-likeness (QED) is 0.0101. The van der Waals surface area contributed by atoms with Crippen molar-refractivity contribution in [2.24, 2.45) is 0 Å². The summed E-state index contributed by atoms with van der Waals surface area (Å²) >= 11 is 95.1. The molecule has 0 atom stereocenters. The molecule has 8 aromatic carbocycles. The van der Waals surface area contributed by atoms with Crippen LogP contribution in [0.3, 0.4) is 0 Å². The van der Waals surface area contributed by atoms with Gasteiger partial charge in [0.05, 0.1) is 10.7 Å². The second kappa shape index (κ2) is 126. The van der Waals surface area contributed by atoms with Crippen molar-refractivity contribution in [1.82, 2.24) is 8.88 Å². The Morgan fingerprint density at radius 2 is 0.408 bits per heavy atom. The molecule has 0 saturated carbocycles. The third kappa shape index (κ3) is 89.9. The molecule has 0 spiro atoms. The molecule has 0 radical (unpaired) electrons. The molecule has 2 N–H and O–H groups in total. The van der Waals surface area contributed by atoms with Crippen molar-refractivity contribution < 1.29 is 159 Å². The predicted molar refractivity (Wildman–Crippen MR) is 532 cm³/mol. The van der Waals surface area contributed by atoms with E-state index in [-0.39, 0.29) is 126 Å². The van der Waals surface area contributed by atoms with Gasteiger partial charge in [-0.1, -0.05) is 395 Å².